The summed E-state index contributed by atoms with van der Waals surface area (Å²) in [6, 6.07) is 24.9. The SMILES string of the molecule is COc1ccc(C)cc1-n1c(C(C)N(Cc2ccccc2)C(=O)c2ccc([N+](=O)[O-])cc2Cl)nc2ccccc2c1=O. The number of non-ortho nitro benzene ring substituents is 1. The molecule has 0 aliphatic carbocycles. The Kier molecular flexibility index (Phi) is 8.04. The third kappa shape index (κ3) is 5.46. The summed E-state index contributed by atoms with van der Waals surface area (Å²) in [6.07, 6.45) is 0. The molecule has 0 bridgehead atoms. The molecule has 212 valence electrons. The number of rotatable bonds is 8. The lowest BCUT2D eigenvalue weighted by Gasteiger charge is -2.31. The number of amides is 1. The zero-order chi connectivity index (χ0) is 30.0. The molecule has 4 aromatic carbocycles. The molecule has 0 aliphatic rings. The van der Waals surface area contributed by atoms with Crippen LogP contribution in [0.5, 0.6) is 5.75 Å². The minimum atomic E-state index is -0.758. The van der Waals surface area contributed by atoms with E-state index in [4.69, 9.17) is 21.3 Å². The number of fused-ring (bicyclic) bond motifs is 1. The molecular weight excluding hydrogens is 556 g/mol. The van der Waals surface area contributed by atoms with Gasteiger partial charge < -0.3 is 9.64 Å². The van der Waals surface area contributed by atoms with Gasteiger partial charge >= 0.3 is 0 Å². The average Bonchev–Trinajstić information content (AvgIpc) is 2.99. The second-order valence-corrected chi connectivity index (χ2v) is 10.2. The number of nitrogens with zero attached hydrogens (tertiary/aromatic N) is 4. The number of aromatic nitrogens is 2. The van der Waals surface area contributed by atoms with Crippen LogP contribution in [0.3, 0.4) is 0 Å². The first-order chi connectivity index (χ1) is 20.2. The summed E-state index contributed by atoms with van der Waals surface area (Å²) in [7, 11) is 1.53. The molecule has 1 atom stereocenters. The molecule has 0 saturated carbocycles. The topological polar surface area (TPSA) is 108 Å². The normalized spacial score (nSPS) is 11.7. The van der Waals surface area contributed by atoms with Crippen LogP contribution in [0, 0.1) is 17.0 Å². The highest BCUT2D eigenvalue weighted by molar-refractivity contribution is 6.34. The highest BCUT2D eigenvalue weighted by Crippen LogP contribution is 2.32. The van der Waals surface area contributed by atoms with Gasteiger partial charge in [-0.25, -0.2) is 4.98 Å². The minimum absolute atomic E-state index is 0.0522. The van der Waals surface area contributed by atoms with Crippen molar-refractivity contribution >= 4 is 34.1 Å². The molecule has 0 fully saturated rings. The molecule has 0 radical (unpaired) electrons. The lowest BCUT2D eigenvalue weighted by atomic mass is 10.1. The van der Waals surface area contributed by atoms with Crippen molar-refractivity contribution in [3.63, 3.8) is 0 Å². The number of ether oxygens (including phenoxy) is 1. The summed E-state index contributed by atoms with van der Waals surface area (Å²) in [5, 5.41) is 11.7. The summed E-state index contributed by atoms with van der Waals surface area (Å²) in [5.74, 6) is 0.300. The van der Waals surface area contributed by atoms with Gasteiger partial charge in [-0.2, -0.15) is 0 Å². The van der Waals surface area contributed by atoms with E-state index in [0.29, 0.717) is 28.2 Å². The minimum Gasteiger partial charge on any atom is -0.495 e. The standard InChI is InChI=1S/C32H27ClN4O5/c1-20-13-16-29(42-3)28(17-20)36-30(34-27-12-8-7-11-25(27)32(36)39)21(2)35(19-22-9-5-4-6-10-22)31(38)24-15-14-23(37(40)41)18-26(24)33/h4-18,21H,19H2,1-3H3. The number of hydrogen-bond acceptors (Lipinski definition) is 6. The fraction of sp³-hybridized carbons (Fsp3) is 0.156. The fourth-order valence-corrected chi connectivity index (χ4v) is 5.14. The zero-order valence-corrected chi connectivity index (χ0v) is 23.9. The van der Waals surface area contributed by atoms with E-state index in [1.165, 1.54) is 23.8 Å². The molecule has 9 nitrogen and oxygen atoms in total. The van der Waals surface area contributed by atoms with Gasteiger partial charge in [0, 0.05) is 18.7 Å². The third-order valence-electron chi connectivity index (χ3n) is 7.07. The molecule has 42 heavy (non-hydrogen) atoms. The van der Waals surface area contributed by atoms with E-state index >= 15 is 0 Å². The van der Waals surface area contributed by atoms with Crippen molar-refractivity contribution in [1.82, 2.24) is 14.5 Å². The highest BCUT2D eigenvalue weighted by atomic mass is 35.5. The van der Waals surface area contributed by atoms with Gasteiger partial charge in [0.15, 0.2) is 0 Å². The molecule has 1 unspecified atom stereocenters. The second-order valence-electron chi connectivity index (χ2n) is 9.82. The Bertz CT molecular complexity index is 1870. The fourth-order valence-electron chi connectivity index (χ4n) is 4.89. The van der Waals surface area contributed by atoms with E-state index in [0.717, 1.165) is 17.2 Å². The van der Waals surface area contributed by atoms with Crippen LogP contribution in [0.2, 0.25) is 5.02 Å². The van der Waals surface area contributed by atoms with E-state index < -0.39 is 16.9 Å². The number of halogens is 1. The Morgan fingerprint density at radius 1 is 1.05 bits per heavy atom. The molecule has 10 heteroatoms. The van der Waals surface area contributed by atoms with Crippen LogP contribution in [-0.2, 0) is 6.54 Å². The predicted molar refractivity (Wildman–Crippen MR) is 161 cm³/mol. The summed E-state index contributed by atoms with van der Waals surface area (Å²) < 4.78 is 7.12. The molecule has 1 heterocycles. The van der Waals surface area contributed by atoms with E-state index in [-0.39, 0.29) is 28.4 Å². The number of nitro benzene ring substituents is 1. The van der Waals surface area contributed by atoms with Crippen LogP contribution in [-0.4, -0.2) is 32.4 Å². The van der Waals surface area contributed by atoms with Crippen molar-refractivity contribution in [2.24, 2.45) is 0 Å². The Hall–Kier alpha value is -5.02. The number of carbonyl (C=O) groups is 1. The van der Waals surface area contributed by atoms with Crippen molar-refractivity contribution < 1.29 is 14.5 Å². The number of aryl methyl sites for hydroxylation is 1. The Balaban J connectivity index is 1.74. The summed E-state index contributed by atoms with van der Waals surface area (Å²) in [6.45, 7) is 3.85. The maximum absolute atomic E-state index is 14.2. The Morgan fingerprint density at radius 3 is 2.45 bits per heavy atom. The van der Waals surface area contributed by atoms with Crippen LogP contribution >= 0.6 is 11.6 Å². The number of benzene rings is 4. The first-order valence-electron chi connectivity index (χ1n) is 13.1. The monoisotopic (exact) mass is 582 g/mol. The van der Waals surface area contributed by atoms with Crippen molar-refractivity contribution in [3.8, 4) is 11.4 Å². The predicted octanol–water partition coefficient (Wildman–Crippen LogP) is 6.67. The first kappa shape index (κ1) is 28.5. The third-order valence-corrected chi connectivity index (χ3v) is 7.38. The van der Waals surface area contributed by atoms with Crippen LogP contribution in [0.4, 0.5) is 5.69 Å². The molecule has 1 amide bonds. The molecule has 1 aromatic heterocycles. The van der Waals surface area contributed by atoms with Crippen LogP contribution < -0.4 is 10.3 Å². The molecule has 5 rings (SSSR count). The van der Waals surface area contributed by atoms with Crippen molar-refractivity contribution in [2.45, 2.75) is 26.4 Å². The largest absolute Gasteiger partial charge is 0.495 e. The van der Waals surface area contributed by atoms with E-state index in [1.807, 2.05) is 49.4 Å². The van der Waals surface area contributed by atoms with E-state index in [9.17, 15) is 19.7 Å². The quantitative estimate of drug-likeness (QED) is 0.149. The van der Waals surface area contributed by atoms with Gasteiger partial charge in [-0.05, 0) is 55.3 Å². The van der Waals surface area contributed by atoms with Gasteiger partial charge in [-0.15, -0.1) is 0 Å². The van der Waals surface area contributed by atoms with Gasteiger partial charge in [0.25, 0.3) is 17.2 Å². The molecule has 0 aliphatic heterocycles. The average molecular weight is 583 g/mol. The molecule has 0 N–H and O–H groups in total. The highest BCUT2D eigenvalue weighted by Gasteiger charge is 2.30. The van der Waals surface area contributed by atoms with Gasteiger partial charge in [0.2, 0.25) is 0 Å². The van der Waals surface area contributed by atoms with Crippen molar-refractivity contribution in [1.29, 1.82) is 0 Å². The summed E-state index contributed by atoms with van der Waals surface area (Å²) in [4.78, 5) is 45.4. The summed E-state index contributed by atoms with van der Waals surface area (Å²) >= 11 is 6.41. The lowest BCUT2D eigenvalue weighted by molar-refractivity contribution is -0.384. The van der Waals surface area contributed by atoms with Crippen molar-refractivity contribution in [3.05, 3.63) is 139 Å². The van der Waals surface area contributed by atoms with Crippen LogP contribution in [0.15, 0.2) is 95.8 Å². The van der Waals surface area contributed by atoms with Gasteiger partial charge in [-0.1, -0.05) is 60.1 Å². The zero-order valence-electron chi connectivity index (χ0n) is 23.2. The van der Waals surface area contributed by atoms with Gasteiger partial charge in [0.05, 0.1) is 45.3 Å². The van der Waals surface area contributed by atoms with Crippen molar-refractivity contribution in [2.75, 3.05) is 7.11 Å². The maximum Gasteiger partial charge on any atom is 0.270 e. The lowest BCUT2D eigenvalue weighted by Crippen LogP contribution is -2.37. The first-order valence-corrected chi connectivity index (χ1v) is 13.5. The number of hydrogen-bond donors (Lipinski definition) is 0. The van der Waals surface area contributed by atoms with Crippen LogP contribution in [0.1, 0.15) is 40.3 Å². The number of carbonyl (C=O) groups excluding carboxylic acids is 1. The molecule has 5 aromatic rings. The Morgan fingerprint density at radius 2 is 1.76 bits per heavy atom. The van der Waals surface area contributed by atoms with E-state index in [1.54, 1.807) is 42.2 Å². The van der Waals surface area contributed by atoms with Gasteiger partial charge in [-0.3, -0.25) is 24.3 Å². The summed E-state index contributed by atoms with van der Waals surface area (Å²) in [5.41, 5.74) is 2.25. The smallest absolute Gasteiger partial charge is 0.270 e. The molecule has 0 saturated heterocycles. The Labute approximate surface area is 246 Å². The molecule has 0 spiro atoms. The number of nitro groups is 1. The number of para-hydroxylation sites is 1. The van der Waals surface area contributed by atoms with Gasteiger partial charge in [0.1, 0.15) is 11.6 Å². The molecular formula is C32H27ClN4O5. The number of methoxy groups -OCH3 is 1. The van der Waals surface area contributed by atoms with E-state index in [2.05, 4.69) is 0 Å². The second kappa shape index (κ2) is 11.8. The van der Waals surface area contributed by atoms with Crippen LogP contribution in [0.25, 0.3) is 16.6 Å². The maximum atomic E-state index is 14.2.